The number of nitrogens with zero attached hydrogens (tertiary/aromatic N) is 2. The standard InChI is InChI=1S/C13H13BrClN3O2/c14-10-5-8(1-2-11(10)15)13-17-12(20-18-13)6-9-7-19-4-3-16-9/h1-2,5,9,16H,3-4,6-7H2. The summed E-state index contributed by atoms with van der Waals surface area (Å²) >= 11 is 9.35. The molecule has 1 aromatic carbocycles. The Hall–Kier alpha value is -0.950. The number of aromatic nitrogens is 2. The van der Waals surface area contributed by atoms with Crippen molar-refractivity contribution in [1.82, 2.24) is 15.5 Å². The first-order valence-corrected chi connectivity index (χ1v) is 7.48. The Labute approximate surface area is 129 Å². The summed E-state index contributed by atoms with van der Waals surface area (Å²) in [4.78, 5) is 4.41. The third kappa shape index (κ3) is 3.20. The number of benzene rings is 1. The van der Waals surface area contributed by atoms with Gasteiger partial charge in [-0.3, -0.25) is 0 Å². The van der Waals surface area contributed by atoms with Gasteiger partial charge in [-0.15, -0.1) is 0 Å². The maximum atomic E-state index is 5.97. The van der Waals surface area contributed by atoms with Crippen LogP contribution in [0.4, 0.5) is 0 Å². The maximum absolute atomic E-state index is 5.97. The minimum absolute atomic E-state index is 0.231. The number of nitrogens with one attached hydrogen (secondary N) is 1. The molecule has 7 heteroatoms. The van der Waals surface area contributed by atoms with E-state index >= 15 is 0 Å². The molecule has 0 bridgehead atoms. The highest BCUT2D eigenvalue weighted by Gasteiger charge is 2.18. The molecule has 1 unspecified atom stereocenters. The Balaban J connectivity index is 1.73. The van der Waals surface area contributed by atoms with Gasteiger partial charge in [0.25, 0.3) is 0 Å². The number of hydrogen-bond acceptors (Lipinski definition) is 5. The van der Waals surface area contributed by atoms with Crippen molar-refractivity contribution in [1.29, 1.82) is 0 Å². The fourth-order valence-electron chi connectivity index (χ4n) is 2.05. The van der Waals surface area contributed by atoms with Gasteiger partial charge in [-0.25, -0.2) is 0 Å². The van der Waals surface area contributed by atoms with Crippen LogP contribution in [0.5, 0.6) is 0 Å². The molecule has 2 aromatic rings. The minimum Gasteiger partial charge on any atom is -0.378 e. The van der Waals surface area contributed by atoms with Crippen LogP contribution in [0.15, 0.2) is 27.2 Å². The Morgan fingerprint density at radius 3 is 3.10 bits per heavy atom. The van der Waals surface area contributed by atoms with Crippen molar-refractivity contribution in [3.8, 4) is 11.4 Å². The summed E-state index contributed by atoms with van der Waals surface area (Å²) in [6.07, 6.45) is 0.668. The quantitative estimate of drug-likeness (QED) is 0.914. The highest BCUT2D eigenvalue weighted by Crippen LogP contribution is 2.27. The molecule has 0 spiro atoms. The predicted octanol–water partition coefficient (Wildman–Crippen LogP) is 2.68. The summed E-state index contributed by atoms with van der Waals surface area (Å²) < 4.78 is 11.5. The second kappa shape index (κ2) is 6.22. The molecule has 1 aliphatic heterocycles. The van der Waals surface area contributed by atoms with Crippen molar-refractivity contribution >= 4 is 27.5 Å². The molecule has 1 saturated heterocycles. The molecule has 0 amide bonds. The largest absolute Gasteiger partial charge is 0.378 e. The zero-order valence-corrected chi connectivity index (χ0v) is 12.9. The molecule has 2 heterocycles. The fourth-order valence-corrected chi connectivity index (χ4v) is 2.55. The van der Waals surface area contributed by atoms with Crippen LogP contribution in [0.3, 0.4) is 0 Å². The van der Waals surface area contributed by atoms with Crippen LogP contribution in [-0.4, -0.2) is 35.9 Å². The lowest BCUT2D eigenvalue weighted by molar-refractivity contribution is 0.0744. The van der Waals surface area contributed by atoms with Crippen molar-refractivity contribution in [3.05, 3.63) is 33.6 Å². The van der Waals surface area contributed by atoms with Crippen molar-refractivity contribution in [3.63, 3.8) is 0 Å². The molecule has 1 aliphatic rings. The van der Waals surface area contributed by atoms with Gasteiger partial charge >= 0.3 is 0 Å². The van der Waals surface area contributed by atoms with Crippen molar-refractivity contribution in [2.75, 3.05) is 19.8 Å². The molecule has 0 aliphatic carbocycles. The average molecular weight is 359 g/mol. The third-order valence-corrected chi connectivity index (χ3v) is 4.28. The predicted molar refractivity (Wildman–Crippen MR) is 78.8 cm³/mol. The van der Waals surface area contributed by atoms with E-state index in [9.17, 15) is 0 Å². The summed E-state index contributed by atoms with van der Waals surface area (Å²) in [6, 6.07) is 5.77. The molecular formula is C13H13BrClN3O2. The van der Waals surface area contributed by atoms with Gasteiger partial charge < -0.3 is 14.6 Å². The van der Waals surface area contributed by atoms with Gasteiger partial charge in [0.1, 0.15) is 0 Å². The molecular weight excluding hydrogens is 346 g/mol. The Kier molecular flexibility index (Phi) is 4.35. The van der Waals surface area contributed by atoms with Crippen LogP contribution < -0.4 is 5.32 Å². The molecule has 1 N–H and O–H groups in total. The molecule has 0 saturated carbocycles. The molecule has 1 fully saturated rings. The Bertz CT molecular complexity index is 599. The lowest BCUT2D eigenvalue weighted by atomic mass is 10.2. The number of halogens is 2. The van der Waals surface area contributed by atoms with Crippen molar-refractivity contribution in [2.24, 2.45) is 0 Å². The molecule has 0 radical (unpaired) electrons. The molecule has 5 nitrogen and oxygen atoms in total. The van der Waals surface area contributed by atoms with E-state index < -0.39 is 0 Å². The van der Waals surface area contributed by atoms with Gasteiger partial charge in [0.2, 0.25) is 11.7 Å². The van der Waals surface area contributed by atoms with Gasteiger partial charge in [0.15, 0.2) is 0 Å². The molecule has 1 atom stereocenters. The zero-order valence-electron chi connectivity index (χ0n) is 10.6. The second-order valence-corrected chi connectivity index (χ2v) is 5.83. The summed E-state index contributed by atoms with van der Waals surface area (Å²) in [5.41, 5.74) is 0.865. The fraction of sp³-hybridized carbons (Fsp3) is 0.385. The third-order valence-electron chi connectivity index (χ3n) is 3.07. The van der Waals surface area contributed by atoms with E-state index in [0.717, 1.165) is 23.2 Å². The van der Waals surface area contributed by atoms with Gasteiger partial charge in [0.05, 0.1) is 18.2 Å². The smallest absolute Gasteiger partial charge is 0.228 e. The molecule has 3 rings (SSSR count). The lowest BCUT2D eigenvalue weighted by Gasteiger charge is -2.22. The maximum Gasteiger partial charge on any atom is 0.228 e. The molecule has 106 valence electrons. The summed E-state index contributed by atoms with van der Waals surface area (Å²) in [7, 11) is 0. The Morgan fingerprint density at radius 2 is 2.35 bits per heavy atom. The highest BCUT2D eigenvalue weighted by atomic mass is 79.9. The first-order chi connectivity index (χ1) is 9.72. The van der Waals surface area contributed by atoms with E-state index in [1.807, 2.05) is 12.1 Å². The van der Waals surface area contributed by atoms with Crippen LogP contribution in [0.2, 0.25) is 5.02 Å². The summed E-state index contributed by atoms with van der Waals surface area (Å²) in [5, 5.41) is 8.01. The van der Waals surface area contributed by atoms with Crippen LogP contribution in [0.25, 0.3) is 11.4 Å². The second-order valence-electron chi connectivity index (χ2n) is 4.57. The monoisotopic (exact) mass is 357 g/mol. The lowest BCUT2D eigenvalue weighted by Crippen LogP contribution is -2.42. The number of rotatable bonds is 3. The van der Waals surface area contributed by atoms with Gasteiger partial charge in [0, 0.05) is 29.0 Å². The van der Waals surface area contributed by atoms with Gasteiger partial charge in [-0.2, -0.15) is 4.98 Å². The van der Waals surface area contributed by atoms with Crippen LogP contribution in [-0.2, 0) is 11.2 Å². The zero-order chi connectivity index (χ0) is 13.9. The van der Waals surface area contributed by atoms with E-state index in [0.29, 0.717) is 29.8 Å². The Morgan fingerprint density at radius 1 is 1.45 bits per heavy atom. The number of hydrogen-bond donors (Lipinski definition) is 1. The van der Waals surface area contributed by atoms with Crippen LogP contribution >= 0.6 is 27.5 Å². The minimum atomic E-state index is 0.231. The topological polar surface area (TPSA) is 60.2 Å². The first kappa shape index (κ1) is 14.0. The normalized spacial score (nSPS) is 19.2. The molecule has 1 aromatic heterocycles. The van der Waals surface area contributed by atoms with E-state index in [2.05, 4.69) is 31.4 Å². The highest BCUT2D eigenvalue weighted by molar-refractivity contribution is 9.10. The number of ether oxygens (including phenoxy) is 1. The molecule has 20 heavy (non-hydrogen) atoms. The van der Waals surface area contributed by atoms with E-state index in [1.54, 1.807) is 6.07 Å². The van der Waals surface area contributed by atoms with Crippen molar-refractivity contribution < 1.29 is 9.26 Å². The summed E-state index contributed by atoms with van der Waals surface area (Å²) in [5.74, 6) is 1.17. The summed E-state index contributed by atoms with van der Waals surface area (Å²) in [6.45, 7) is 2.28. The van der Waals surface area contributed by atoms with E-state index in [1.165, 1.54) is 0 Å². The number of morpholine rings is 1. The first-order valence-electron chi connectivity index (χ1n) is 6.31. The van der Waals surface area contributed by atoms with Crippen molar-refractivity contribution in [2.45, 2.75) is 12.5 Å². The van der Waals surface area contributed by atoms with Gasteiger partial charge in [-0.1, -0.05) is 16.8 Å². The van der Waals surface area contributed by atoms with Gasteiger partial charge in [-0.05, 0) is 34.1 Å². The van der Waals surface area contributed by atoms with E-state index in [-0.39, 0.29) is 6.04 Å². The SMILES string of the molecule is Clc1ccc(-c2noc(CC3COCCN3)n2)cc1Br. The average Bonchev–Trinajstić information content (AvgIpc) is 2.91. The van der Waals surface area contributed by atoms with Crippen LogP contribution in [0.1, 0.15) is 5.89 Å². The van der Waals surface area contributed by atoms with Crippen LogP contribution in [0, 0.1) is 0 Å². The van der Waals surface area contributed by atoms with E-state index in [4.69, 9.17) is 20.9 Å².